The molecule has 8 aliphatic heterocycles. The average molecular weight is 763 g/mol. The fraction of sp³-hybridized carbons (Fsp3) is 0.833. The number of esters is 1. The third-order valence-electron chi connectivity index (χ3n) is 15.9. The highest BCUT2D eigenvalue weighted by molar-refractivity contribution is 6.07. The SMILES string of the molecule is CC1CC(=O)C2C(CC3OC(C)(C)C4OC(=O)C5(CCCC4C3C2O)OC5CCC2CC(N)NC3C2CCC2C(N)NC(CN4C=C5C=CN=C5C4)CC23)O1. The fourth-order valence-electron chi connectivity index (χ4n) is 13.5. The van der Waals surface area contributed by atoms with Gasteiger partial charge in [-0.2, -0.15) is 0 Å². The van der Waals surface area contributed by atoms with Crippen molar-refractivity contribution in [1.29, 1.82) is 0 Å². The topological polar surface area (TPSA) is 186 Å². The van der Waals surface area contributed by atoms with E-state index in [1.165, 1.54) is 5.57 Å². The third kappa shape index (κ3) is 6.29. The predicted molar refractivity (Wildman–Crippen MR) is 203 cm³/mol. The van der Waals surface area contributed by atoms with Gasteiger partial charge in [-0.25, -0.2) is 4.79 Å². The molecule has 0 aromatic heterocycles. The van der Waals surface area contributed by atoms with E-state index in [0.717, 1.165) is 70.2 Å². The normalized spacial score (nSPS) is 50.9. The Kier molecular flexibility index (Phi) is 9.22. The maximum Gasteiger partial charge on any atom is 0.341 e. The number of nitrogens with zero attached hydrogens (tertiary/aromatic N) is 2. The van der Waals surface area contributed by atoms with E-state index in [2.05, 4.69) is 32.8 Å². The molecule has 10 aliphatic rings. The fourth-order valence-corrected chi connectivity index (χ4v) is 13.5. The highest BCUT2D eigenvalue weighted by Crippen LogP contribution is 2.55. The van der Waals surface area contributed by atoms with Crippen molar-refractivity contribution in [3.63, 3.8) is 0 Å². The Bertz CT molecular complexity index is 1650. The number of carbonyl (C=O) groups excluding carboxylic acids is 2. The van der Waals surface area contributed by atoms with Gasteiger partial charge >= 0.3 is 5.97 Å². The molecule has 55 heavy (non-hydrogen) atoms. The van der Waals surface area contributed by atoms with Gasteiger partial charge in [-0.1, -0.05) is 0 Å². The summed E-state index contributed by atoms with van der Waals surface area (Å²) in [6, 6.07) is 0.625. The van der Waals surface area contributed by atoms with Gasteiger partial charge in [-0.05, 0) is 108 Å². The molecule has 13 heteroatoms. The van der Waals surface area contributed by atoms with Crippen LogP contribution >= 0.6 is 0 Å². The molecular weight excluding hydrogens is 700 g/mol. The molecule has 0 radical (unpaired) electrons. The van der Waals surface area contributed by atoms with Crippen LogP contribution in [0.2, 0.25) is 0 Å². The summed E-state index contributed by atoms with van der Waals surface area (Å²) in [7, 11) is 0. The van der Waals surface area contributed by atoms with Gasteiger partial charge in [0.1, 0.15) is 17.5 Å². The number of ketones is 1. The van der Waals surface area contributed by atoms with Crippen molar-refractivity contribution in [2.75, 3.05) is 13.1 Å². The highest BCUT2D eigenvalue weighted by Gasteiger charge is 2.67. The van der Waals surface area contributed by atoms with Gasteiger partial charge in [0.2, 0.25) is 0 Å². The van der Waals surface area contributed by atoms with Gasteiger partial charge < -0.3 is 40.4 Å². The predicted octanol–water partition coefficient (Wildman–Crippen LogP) is 2.26. The van der Waals surface area contributed by atoms with E-state index in [1.807, 2.05) is 27.0 Å². The number of hydrogen-bond donors (Lipinski definition) is 5. The Balaban J connectivity index is 0.788. The van der Waals surface area contributed by atoms with Gasteiger partial charge in [-0.3, -0.25) is 20.4 Å². The van der Waals surface area contributed by atoms with Crippen molar-refractivity contribution in [3.05, 3.63) is 24.0 Å². The molecule has 18 unspecified atom stereocenters. The maximum atomic E-state index is 14.2. The zero-order valence-electron chi connectivity index (χ0n) is 32.7. The summed E-state index contributed by atoms with van der Waals surface area (Å²) in [5.74, 6) is 0.644. The lowest BCUT2D eigenvalue weighted by Crippen LogP contribution is -2.67. The molecule has 0 aromatic carbocycles. The van der Waals surface area contributed by atoms with Gasteiger partial charge in [-0.15, -0.1) is 0 Å². The summed E-state index contributed by atoms with van der Waals surface area (Å²) in [6.07, 6.45) is 12.8. The smallest absolute Gasteiger partial charge is 0.341 e. The number of epoxide rings is 1. The van der Waals surface area contributed by atoms with Crippen molar-refractivity contribution < 1.29 is 33.6 Å². The van der Waals surface area contributed by atoms with E-state index >= 15 is 0 Å². The van der Waals surface area contributed by atoms with Gasteiger partial charge in [0, 0.05) is 61.3 Å². The van der Waals surface area contributed by atoms with Crippen molar-refractivity contribution in [1.82, 2.24) is 15.5 Å². The number of aliphatic hydroxyl groups excluding tert-OH is 1. The van der Waals surface area contributed by atoms with Crippen molar-refractivity contribution in [2.24, 2.45) is 57.9 Å². The van der Waals surface area contributed by atoms with E-state index < -0.39 is 29.3 Å². The summed E-state index contributed by atoms with van der Waals surface area (Å²) in [4.78, 5) is 34.2. The summed E-state index contributed by atoms with van der Waals surface area (Å²) in [6.45, 7) is 7.67. The van der Waals surface area contributed by atoms with Crippen LogP contribution in [0.15, 0.2) is 29.0 Å². The second-order valence-electron chi connectivity index (χ2n) is 19.6. The molecule has 13 nitrogen and oxygen atoms in total. The number of nitrogens with two attached hydrogens (primary N) is 2. The molecule has 6 saturated heterocycles. The number of ether oxygens (including phenoxy) is 4. The summed E-state index contributed by atoms with van der Waals surface area (Å²) in [5, 5.41) is 19.4. The minimum Gasteiger partial charge on any atom is -0.457 e. The number of nitrogens with one attached hydrogen (secondary N) is 2. The Hall–Kier alpha value is -2.23. The first-order valence-corrected chi connectivity index (χ1v) is 21.5. The standard InChI is InChI=1S/C42H62N6O7/c1-20-13-29(49)35-30(52-20)16-31-34(37(35)50)26-5-4-11-42(40(51)53-38(26)41(2,3)54-31)32(55-42)9-6-21-14-33(43)47-36-24(21)7-8-25-27(36)15-23(46-39(25)44)18-48-17-22-10-12-45-28(22)19-48/h10,12,17,20-21,23-27,30-39,46-47,50H,4-9,11,13-16,18-19,43-44H2,1-3H3. The van der Waals surface area contributed by atoms with Crippen LogP contribution < -0.4 is 22.1 Å². The van der Waals surface area contributed by atoms with Crippen LogP contribution in [-0.2, 0) is 28.5 Å². The van der Waals surface area contributed by atoms with Crippen LogP contribution in [0.25, 0.3) is 0 Å². The van der Waals surface area contributed by atoms with Crippen LogP contribution in [0.5, 0.6) is 0 Å². The molecular formula is C42H62N6O7. The van der Waals surface area contributed by atoms with E-state index in [4.69, 9.17) is 30.4 Å². The minimum atomic E-state index is -0.927. The molecule has 10 rings (SSSR count). The number of Topliss-reactive ketones (excluding diaryl/α,β-unsaturated/α-hetero) is 1. The Morgan fingerprint density at radius 1 is 1.00 bits per heavy atom. The number of allylic oxidation sites excluding steroid dienone is 1. The minimum absolute atomic E-state index is 0.0314. The number of piperidine rings is 2. The molecule has 18 atom stereocenters. The number of aliphatic imine (C=N–C) groups is 1. The lowest BCUT2D eigenvalue weighted by molar-refractivity contribution is -0.280. The maximum absolute atomic E-state index is 14.2. The van der Waals surface area contributed by atoms with Gasteiger partial charge in [0.15, 0.2) is 5.60 Å². The number of carbonyl (C=O) groups is 2. The van der Waals surface area contributed by atoms with Crippen LogP contribution in [0.3, 0.4) is 0 Å². The summed E-state index contributed by atoms with van der Waals surface area (Å²) < 4.78 is 25.7. The third-order valence-corrected chi connectivity index (χ3v) is 15.9. The zero-order chi connectivity index (χ0) is 38.0. The van der Waals surface area contributed by atoms with Crippen LogP contribution in [0.4, 0.5) is 0 Å². The van der Waals surface area contributed by atoms with Gasteiger partial charge in [0.25, 0.3) is 0 Å². The lowest BCUT2D eigenvalue weighted by Gasteiger charge is -2.57. The molecule has 2 aliphatic carbocycles. The monoisotopic (exact) mass is 762 g/mol. The second kappa shape index (κ2) is 13.7. The number of aliphatic hydroxyl groups is 1. The van der Waals surface area contributed by atoms with Crippen LogP contribution in [0.1, 0.15) is 91.4 Å². The van der Waals surface area contributed by atoms with Crippen molar-refractivity contribution in [3.8, 4) is 0 Å². The number of rotatable bonds is 5. The molecule has 7 N–H and O–H groups in total. The number of hydrogen-bond acceptors (Lipinski definition) is 13. The Morgan fingerprint density at radius 2 is 1.84 bits per heavy atom. The zero-order valence-corrected chi connectivity index (χ0v) is 32.7. The largest absolute Gasteiger partial charge is 0.457 e. The molecule has 8 heterocycles. The molecule has 0 amide bonds. The summed E-state index contributed by atoms with van der Waals surface area (Å²) in [5.41, 5.74) is 14.3. The summed E-state index contributed by atoms with van der Waals surface area (Å²) >= 11 is 0. The quantitative estimate of drug-likeness (QED) is 0.204. The van der Waals surface area contributed by atoms with E-state index in [0.29, 0.717) is 55.0 Å². The van der Waals surface area contributed by atoms with Crippen molar-refractivity contribution in [2.45, 2.75) is 164 Å². The lowest BCUT2D eigenvalue weighted by atomic mass is 9.60. The second-order valence-corrected chi connectivity index (χ2v) is 19.6. The molecule has 8 fully saturated rings. The van der Waals surface area contributed by atoms with E-state index in [-0.39, 0.29) is 60.3 Å². The molecule has 302 valence electrons. The van der Waals surface area contributed by atoms with Crippen LogP contribution in [-0.4, -0.2) is 113 Å². The number of fused-ring (bicyclic) bond motifs is 8. The Labute approximate surface area is 324 Å². The first kappa shape index (κ1) is 37.1. The molecule has 0 bridgehead atoms. The first-order chi connectivity index (χ1) is 26.4. The highest BCUT2D eigenvalue weighted by atomic mass is 16.7. The Morgan fingerprint density at radius 3 is 2.67 bits per heavy atom. The first-order valence-electron chi connectivity index (χ1n) is 21.5. The van der Waals surface area contributed by atoms with Gasteiger partial charge in [0.05, 0.1) is 61.0 Å². The average Bonchev–Trinajstić information content (AvgIpc) is 3.44. The molecule has 0 aromatic rings. The molecule has 2 saturated carbocycles. The van der Waals surface area contributed by atoms with Crippen molar-refractivity contribution >= 4 is 17.5 Å². The van der Waals surface area contributed by atoms with E-state index in [1.54, 1.807) is 0 Å². The van der Waals surface area contributed by atoms with Crippen LogP contribution in [0, 0.1) is 41.4 Å². The molecule has 1 spiro atoms. The van der Waals surface area contributed by atoms with E-state index in [9.17, 15) is 14.7 Å².